The van der Waals surface area contributed by atoms with Crippen molar-refractivity contribution in [3.8, 4) is 17.6 Å². The Kier molecular flexibility index (Phi) is 4.72. The molecule has 0 aliphatic carbocycles. The Morgan fingerprint density at radius 1 is 1.29 bits per heavy atom. The van der Waals surface area contributed by atoms with Crippen LogP contribution in [-0.4, -0.2) is 18.3 Å². The summed E-state index contributed by atoms with van der Waals surface area (Å²) in [5.41, 5.74) is 2.65. The van der Waals surface area contributed by atoms with Crippen molar-refractivity contribution in [2.75, 3.05) is 19.0 Å². The maximum atomic E-state index is 8.95. The number of rotatable bonds is 6. The maximum Gasteiger partial charge on any atom is 0.163 e. The summed E-state index contributed by atoms with van der Waals surface area (Å²) in [6.45, 7) is 3.17. The molecule has 0 saturated heterocycles. The topological polar surface area (TPSA) is 59.2 Å². The second-order valence-corrected chi connectivity index (χ2v) is 4.61. The second-order valence-electron chi connectivity index (χ2n) is 4.61. The number of ether oxygens (including phenoxy) is 2. The van der Waals surface area contributed by atoms with E-state index in [9.17, 15) is 0 Å². The molecule has 1 aromatic heterocycles. The minimum atomic E-state index is 0.587. The smallest absolute Gasteiger partial charge is 0.163 e. The maximum absolute atomic E-state index is 8.95. The molecule has 0 radical (unpaired) electrons. The highest BCUT2D eigenvalue weighted by molar-refractivity contribution is 5.55. The van der Waals surface area contributed by atoms with Crippen LogP contribution in [0, 0.1) is 11.3 Å². The minimum absolute atomic E-state index is 0.587. The van der Waals surface area contributed by atoms with Crippen LogP contribution in [0.15, 0.2) is 30.5 Å². The monoisotopic (exact) mass is 285 g/mol. The van der Waals surface area contributed by atoms with E-state index in [1.54, 1.807) is 7.11 Å². The van der Waals surface area contributed by atoms with E-state index in [1.807, 2.05) is 49.0 Å². The predicted octanol–water partition coefficient (Wildman–Crippen LogP) is 2.92. The summed E-state index contributed by atoms with van der Waals surface area (Å²) in [5.74, 6) is 1.43. The van der Waals surface area contributed by atoms with Gasteiger partial charge in [-0.05, 0) is 30.7 Å². The molecule has 0 atom stereocenters. The summed E-state index contributed by atoms with van der Waals surface area (Å²) >= 11 is 0. The summed E-state index contributed by atoms with van der Waals surface area (Å²) in [5, 5.41) is 12.3. The lowest BCUT2D eigenvalue weighted by atomic mass is 10.2. The SMILES string of the molecule is CCOc1cc(NCc2cc(C#N)n(C)c2)ccc1OC. The van der Waals surface area contributed by atoms with E-state index < -0.39 is 0 Å². The highest BCUT2D eigenvalue weighted by atomic mass is 16.5. The zero-order valence-electron chi connectivity index (χ0n) is 12.5. The lowest BCUT2D eigenvalue weighted by molar-refractivity contribution is 0.311. The van der Waals surface area contributed by atoms with Crippen LogP contribution in [0.2, 0.25) is 0 Å². The van der Waals surface area contributed by atoms with Crippen molar-refractivity contribution in [1.29, 1.82) is 5.26 Å². The second kappa shape index (κ2) is 6.71. The Balaban J connectivity index is 2.09. The summed E-state index contributed by atoms with van der Waals surface area (Å²) in [7, 11) is 3.49. The Labute approximate surface area is 124 Å². The fourth-order valence-corrected chi connectivity index (χ4v) is 2.10. The number of nitrogens with one attached hydrogen (secondary N) is 1. The van der Waals surface area contributed by atoms with Crippen molar-refractivity contribution in [2.45, 2.75) is 13.5 Å². The third-order valence-corrected chi connectivity index (χ3v) is 3.14. The molecule has 0 spiro atoms. The molecule has 0 unspecified atom stereocenters. The first kappa shape index (κ1) is 14.8. The first-order valence-electron chi connectivity index (χ1n) is 6.78. The number of hydrogen-bond acceptors (Lipinski definition) is 4. The average molecular weight is 285 g/mol. The van der Waals surface area contributed by atoms with E-state index in [-0.39, 0.29) is 0 Å². The summed E-state index contributed by atoms with van der Waals surface area (Å²) in [6.07, 6.45) is 1.94. The molecule has 0 bridgehead atoms. The van der Waals surface area contributed by atoms with Gasteiger partial charge in [-0.2, -0.15) is 5.26 Å². The van der Waals surface area contributed by atoms with Gasteiger partial charge in [0.05, 0.1) is 13.7 Å². The van der Waals surface area contributed by atoms with Crippen LogP contribution < -0.4 is 14.8 Å². The van der Waals surface area contributed by atoms with Crippen molar-refractivity contribution in [2.24, 2.45) is 7.05 Å². The quantitative estimate of drug-likeness (QED) is 0.886. The van der Waals surface area contributed by atoms with Crippen LogP contribution in [0.3, 0.4) is 0 Å². The molecule has 0 fully saturated rings. The number of nitrogens with zero attached hydrogens (tertiary/aromatic N) is 2. The summed E-state index contributed by atoms with van der Waals surface area (Å²) in [4.78, 5) is 0. The van der Waals surface area contributed by atoms with E-state index in [0.29, 0.717) is 24.6 Å². The molecule has 1 aromatic carbocycles. The first-order valence-corrected chi connectivity index (χ1v) is 6.78. The van der Waals surface area contributed by atoms with Gasteiger partial charge in [-0.3, -0.25) is 0 Å². The fraction of sp³-hybridized carbons (Fsp3) is 0.312. The Bertz CT molecular complexity index is 656. The zero-order valence-corrected chi connectivity index (χ0v) is 12.5. The first-order chi connectivity index (χ1) is 10.2. The Morgan fingerprint density at radius 3 is 2.71 bits per heavy atom. The van der Waals surface area contributed by atoms with Gasteiger partial charge in [-0.15, -0.1) is 0 Å². The highest BCUT2D eigenvalue weighted by Gasteiger charge is 2.06. The molecular formula is C16H19N3O2. The van der Waals surface area contributed by atoms with Crippen molar-refractivity contribution in [1.82, 2.24) is 4.57 Å². The van der Waals surface area contributed by atoms with E-state index in [0.717, 1.165) is 17.0 Å². The molecule has 0 aliphatic rings. The van der Waals surface area contributed by atoms with Gasteiger partial charge in [0.15, 0.2) is 11.5 Å². The van der Waals surface area contributed by atoms with Gasteiger partial charge >= 0.3 is 0 Å². The third kappa shape index (κ3) is 3.48. The molecule has 21 heavy (non-hydrogen) atoms. The van der Waals surface area contributed by atoms with Gasteiger partial charge in [0.2, 0.25) is 0 Å². The van der Waals surface area contributed by atoms with E-state index in [1.165, 1.54) is 0 Å². The standard InChI is InChI=1S/C16H19N3O2/c1-4-21-16-8-13(5-6-15(16)20-3)18-10-12-7-14(9-17)19(2)11-12/h5-8,11,18H,4,10H2,1-3H3. The fourth-order valence-electron chi connectivity index (χ4n) is 2.10. The Hall–Kier alpha value is -2.61. The van der Waals surface area contributed by atoms with Crippen molar-refractivity contribution in [3.63, 3.8) is 0 Å². The number of benzene rings is 1. The van der Waals surface area contributed by atoms with Gasteiger partial charge in [0.1, 0.15) is 11.8 Å². The van der Waals surface area contributed by atoms with Crippen LogP contribution in [0.25, 0.3) is 0 Å². The molecular weight excluding hydrogens is 266 g/mol. The van der Waals surface area contributed by atoms with E-state index in [2.05, 4.69) is 11.4 Å². The van der Waals surface area contributed by atoms with E-state index in [4.69, 9.17) is 14.7 Å². The van der Waals surface area contributed by atoms with Crippen molar-refractivity contribution in [3.05, 3.63) is 41.7 Å². The largest absolute Gasteiger partial charge is 0.493 e. The lowest BCUT2D eigenvalue weighted by Crippen LogP contribution is -2.00. The predicted molar refractivity (Wildman–Crippen MR) is 81.6 cm³/mol. The lowest BCUT2D eigenvalue weighted by Gasteiger charge is -2.12. The number of aromatic nitrogens is 1. The molecule has 0 amide bonds. The number of nitriles is 1. The van der Waals surface area contributed by atoms with Crippen LogP contribution >= 0.6 is 0 Å². The van der Waals surface area contributed by atoms with E-state index >= 15 is 0 Å². The van der Waals surface area contributed by atoms with Crippen LogP contribution in [0.5, 0.6) is 11.5 Å². The summed E-state index contributed by atoms with van der Waals surface area (Å²) < 4.78 is 12.6. The van der Waals surface area contributed by atoms with Crippen LogP contribution in [0.4, 0.5) is 5.69 Å². The molecule has 1 heterocycles. The molecule has 2 rings (SSSR count). The molecule has 110 valence electrons. The minimum Gasteiger partial charge on any atom is -0.493 e. The zero-order chi connectivity index (χ0) is 15.2. The molecule has 0 saturated carbocycles. The average Bonchev–Trinajstić information content (AvgIpc) is 2.86. The molecule has 5 nitrogen and oxygen atoms in total. The van der Waals surface area contributed by atoms with Crippen LogP contribution in [0.1, 0.15) is 18.2 Å². The number of anilines is 1. The van der Waals surface area contributed by atoms with Gasteiger partial charge in [-0.1, -0.05) is 0 Å². The van der Waals surface area contributed by atoms with Gasteiger partial charge in [0.25, 0.3) is 0 Å². The summed E-state index contributed by atoms with van der Waals surface area (Å²) in [6, 6.07) is 9.76. The number of methoxy groups -OCH3 is 1. The molecule has 2 aromatic rings. The molecule has 5 heteroatoms. The van der Waals surface area contributed by atoms with Gasteiger partial charge in [0, 0.05) is 31.5 Å². The third-order valence-electron chi connectivity index (χ3n) is 3.14. The normalized spacial score (nSPS) is 10.0. The number of hydrogen-bond donors (Lipinski definition) is 1. The molecule has 1 N–H and O–H groups in total. The van der Waals surface area contributed by atoms with Crippen molar-refractivity contribution < 1.29 is 9.47 Å². The Morgan fingerprint density at radius 2 is 2.10 bits per heavy atom. The molecule has 0 aliphatic heterocycles. The van der Waals surface area contributed by atoms with Gasteiger partial charge in [-0.25, -0.2) is 0 Å². The van der Waals surface area contributed by atoms with Crippen LogP contribution in [-0.2, 0) is 13.6 Å². The van der Waals surface area contributed by atoms with Crippen molar-refractivity contribution >= 4 is 5.69 Å². The number of aryl methyl sites for hydroxylation is 1. The highest BCUT2D eigenvalue weighted by Crippen LogP contribution is 2.30. The van der Waals surface area contributed by atoms with Gasteiger partial charge < -0.3 is 19.4 Å².